The van der Waals surface area contributed by atoms with Gasteiger partial charge in [-0.2, -0.15) is 0 Å². The Morgan fingerprint density at radius 3 is 1.20 bits per heavy atom. The number of ketones is 2. The molecule has 24 nitrogen and oxygen atoms in total. The molecule has 32 heteroatoms. The van der Waals surface area contributed by atoms with E-state index >= 15 is 0 Å². The van der Waals surface area contributed by atoms with Crippen molar-refractivity contribution in [3.05, 3.63) is 423 Å². The van der Waals surface area contributed by atoms with Gasteiger partial charge in [-0.15, -0.1) is 0 Å². The third-order valence-corrected chi connectivity index (χ3v) is 19.6. The maximum atomic E-state index is 14.4. The molecule has 0 spiro atoms. The Balaban J connectivity index is 0.000000178. The summed E-state index contributed by atoms with van der Waals surface area (Å²) in [5.41, 5.74) is 13.3. The lowest BCUT2D eigenvalue weighted by Crippen LogP contribution is -2.29. The normalized spacial score (nSPS) is 10.2. The highest BCUT2D eigenvalue weighted by Gasteiger charge is 2.42. The minimum Gasteiger partial charge on any atom is -0.423 e. The van der Waals surface area contributed by atoms with Crippen LogP contribution in [0, 0.1) is 0 Å². The Kier molecular flexibility index (Phi) is 39.8. The van der Waals surface area contributed by atoms with Crippen molar-refractivity contribution in [2.45, 2.75) is 18.6 Å². The Morgan fingerprint density at radius 1 is 0.445 bits per heavy atom. The first kappa shape index (κ1) is 91.9. The van der Waals surface area contributed by atoms with Gasteiger partial charge in [-0.3, -0.25) is 39.1 Å². The van der Waals surface area contributed by atoms with E-state index in [0.29, 0.717) is 79.4 Å². The molecule has 119 heavy (non-hydrogen) atoms. The first-order chi connectivity index (χ1) is 57.8. The Labute approximate surface area is 722 Å². The fraction of sp³-hybridized carbons (Fsp3) is 0.0345. The number of aromatic nitrogens is 10. The number of nitrogens with two attached hydrogens (primary N) is 1. The van der Waals surface area contributed by atoms with Crippen LogP contribution in [-0.2, 0) is 22.0 Å². The largest absolute Gasteiger partial charge is 0.805 e. The highest BCUT2D eigenvalue weighted by atomic mass is 79.9. The van der Waals surface area contributed by atoms with E-state index in [1.807, 2.05) is 146 Å². The smallest absolute Gasteiger partial charge is 0.423 e. The summed E-state index contributed by atoms with van der Waals surface area (Å²) in [5.74, 6) is 0.986. The highest BCUT2D eigenvalue weighted by Crippen LogP contribution is 2.60. The molecule has 0 radical (unpaired) electrons. The van der Waals surface area contributed by atoms with Crippen LogP contribution in [0.5, 0.6) is 23.0 Å². The third kappa shape index (κ3) is 35.0. The standard InChI is InChI=1S/C24H20BrN2O3P.C17H12ClN3O.C12H10O3P.C11H8BrN3O.C6H6BClO2.C6H4BrNO.C6H7N.C5H4N2O/c25-19-16-17-23(26-18-19)24(27-20-10-4-1-5-11-20)31(28,29-21-12-6-2-7-13-21)30-22-14-8-3-9-15-22;18-15-4-1-13(2-5-15)14-3-6-16(21-10-14)17(22)7-12-8-19-11-20-9-12;13-16(14-11-7-3-1-4-8-11)15-12-9-5-2-6-10-12;12-9-1-2-10(15-6-9)11(16)3-8-4-13-7-14-5-8;8-6-3-1-5(2-4-6)7(9)10;7-5-1-2-6(4-9)8-3-5;7-6-4-2-1-3-5-6;8-3-5-1-6-4-7-2-5/h1-18,24,27H;1-6,8-11H,7H2;1-10H;1-2,4-7H,3H2;1-4,9-10H;1-4H;1-5H,7H2;1-4H/q;;+1;;;;;. The lowest BCUT2D eigenvalue weighted by molar-refractivity contribution is 0.0980. The zero-order valence-corrected chi connectivity index (χ0v) is 70.7. The highest BCUT2D eigenvalue weighted by molar-refractivity contribution is 9.11. The molecule has 598 valence electrons. The van der Waals surface area contributed by atoms with Crippen LogP contribution in [0.2, 0.25) is 10.0 Å². The van der Waals surface area contributed by atoms with Crippen molar-refractivity contribution in [3.63, 3.8) is 0 Å². The molecule has 7 aromatic heterocycles. The van der Waals surface area contributed by atoms with Crippen molar-refractivity contribution >= 4 is 135 Å². The number of halogens is 5. The van der Waals surface area contributed by atoms with Crippen LogP contribution in [0.15, 0.2) is 373 Å². The first-order valence-corrected chi connectivity index (χ1v) is 41.2. The molecule has 0 aliphatic rings. The third-order valence-electron chi connectivity index (χ3n) is 15.0. The molecule has 1 atom stereocenters. The molecule has 0 saturated heterocycles. The minimum atomic E-state index is -3.86. The van der Waals surface area contributed by atoms with Crippen LogP contribution in [0.4, 0.5) is 11.4 Å². The summed E-state index contributed by atoms with van der Waals surface area (Å²) in [6.45, 7) is 0. The summed E-state index contributed by atoms with van der Waals surface area (Å²) >= 11 is 21.3. The molecule has 0 aliphatic heterocycles. The second kappa shape index (κ2) is 51.5. The molecule has 0 fully saturated rings. The Hall–Kier alpha value is -12.6. The van der Waals surface area contributed by atoms with Crippen molar-refractivity contribution in [1.82, 2.24) is 49.8 Å². The molecule has 8 aromatic carbocycles. The van der Waals surface area contributed by atoms with Gasteiger partial charge in [0.1, 0.15) is 47.6 Å². The van der Waals surface area contributed by atoms with E-state index < -0.39 is 28.8 Å². The van der Waals surface area contributed by atoms with Crippen molar-refractivity contribution in [1.29, 1.82) is 0 Å². The lowest BCUT2D eigenvalue weighted by Gasteiger charge is -2.28. The van der Waals surface area contributed by atoms with Gasteiger partial charge in [-0.25, -0.2) is 43.5 Å². The summed E-state index contributed by atoms with van der Waals surface area (Å²) in [7, 11) is -7.45. The summed E-state index contributed by atoms with van der Waals surface area (Å²) in [5, 5.41) is 21.8. The van der Waals surface area contributed by atoms with E-state index in [1.165, 1.54) is 31.4 Å². The molecule has 15 aromatic rings. The van der Waals surface area contributed by atoms with E-state index in [2.05, 4.69) is 103 Å². The van der Waals surface area contributed by atoms with Crippen molar-refractivity contribution < 1.29 is 56.5 Å². The predicted molar refractivity (Wildman–Crippen MR) is 472 cm³/mol. The van der Waals surface area contributed by atoms with Crippen LogP contribution < -0.4 is 34.6 Å². The molecule has 1 unspecified atom stereocenters. The zero-order chi connectivity index (χ0) is 84.7. The number of nitrogen functional groups attached to an aromatic ring is 1. The van der Waals surface area contributed by atoms with Crippen molar-refractivity contribution in [3.8, 4) is 34.1 Å². The second-order valence-electron chi connectivity index (χ2n) is 23.8. The van der Waals surface area contributed by atoms with Gasteiger partial charge in [0.2, 0.25) is 0 Å². The first-order valence-electron chi connectivity index (χ1n) is 35.3. The number of para-hydroxylation sites is 6. The predicted octanol–water partition coefficient (Wildman–Crippen LogP) is 20.0. The number of nitrogens with one attached hydrogen (secondary N) is 1. The Bertz CT molecular complexity index is 5440. The second-order valence-corrected chi connectivity index (χ2v) is 30.2. The maximum Gasteiger partial charge on any atom is 0.805 e. The average molecular weight is 1860 g/mol. The van der Waals surface area contributed by atoms with E-state index in [-0.39, 0.29) is 24.4 Å². The monoisotopic (exact) mass is 1860 g/mol. The molecule has 7 heterocycles. The van der Waals surface area contributed by atoms with E-state index in [1.54, 1.807) is 183 Å². The number of carbonyl (C=O) groups excluding carboxylic acids is 4. The molecular weight excluding hydrogens is 1790 g/mol. The van der Waals surface area contributed by atoms with Crippen molar-refractivity contribution in [2.75, 3.05) is 11.1 Å². The summed E-state index contributed by atoms with van der Waals surface area (Å²) in [6.07, 6.45) is 22.2. The van der Waals surface area contributed by atoms with Gasteiger partial charge in [0.25, 0.3) is 0 Å². The topological polar surface area (TPSA) is 347 Å². The van der Waals surface area contributed by atoms with Gasteiger partial charge in [0, 0.05) is 120 Å². The number of nitrogens with zero attached hydrogens (tertiary/aromatic N) is 10. The number of benzene rings is 8. The van der Waals surface area contributed by atoms with E-state index in [4.69, 9.17) is 57.1 Å². The number of hydrogen-bond acceptors (Lipinski definition) is 24. The van der Waals surface area contributed by atoms with Crippen LogP contribution in [-0.4, -0.2) is 91.1 Å². The lowest BCUT2D eigenvalue weighted by atomic mass is 9.81. The van der Waals surface area contributed by atoms with Gasteiger partial charge >= 0.3 is 23.0 Å². The number of pyridine rings is 4. The van der Waals surface area contributed by atoms with Gasteiger partial charge in [-0.1, -0.05) is 163 Å². The number of aldehydes is 2. The van der Waals surface area contributed by atoms with Gasteiger partial charge in [0.15, 0.2) is 41.4 Å². The molecule has 0 amide bonds. The number of anilines is 2. The van der Waals surface area contributed by atoms with E-state index in [9.17, 15) is 28.3 Å². The number of carbonyl (C=O) groups is 4. The average Bonchev–Trinajstić information content (AvgIpc) is 0.790. The quantitative estimate of drug-likeness (QED) is 0.0161. The maximum absolute atomic E-state index is 14.4. The minimum absolute atomic E-state index is 0.0395. The van der Waals surface area contributed by atoms with Gasteiger partial charge in [-0.05, 0) is 209 Å². The molecule has 5 N–H and O–H groups in total. The van der Waals surface area contributed by atoms with E-state index in [0.717, 1.165) is 47.0 Å². The van der Waals surface area contributed by atoms with Crippen LogP contribution >= 0.6 is 86.8 Å². The fourth-order valence-electron chi connectivity index (χ4n) is 9.31. The molecular formula is C87H71BBr3Cl2N12O12P2+. The SMILES string of the molecule is Nc1ccccc1.O=C(Cc1cncnc1)c1ccc(-c2ccc(Cl)cc2)cn1.O=C(Cc1cncnc1)c1ccc(Br)cn1.O=Cc1ccc(Br)cn1.O=Cc1cncnc1.O=P(Oc1ccccc1)(Oc1ccccc1)C(Nc1ccccc1)c1ccc(Br)cn1.O=[P+](Oc1ccccc1)Oc1ccccc1.OB(O)c1ccc(Cl)cc1. The van der Waals surface area contributed by atoms with Crippen LogP contribution in [0.3, 0.4) is 0 Å². The number of Topliss-reactive ketones (excluding diaryl/α,β-unsaturated/α-hetero) is 2. The summed E-state index contributed by atoms with van der Waals surface area (Å²) < 4.78 is 50.7. The molecule has 0 aliphatic carbocycles. The summed E-state index contributed by atoms with van der Waals surface area (Å²) in [4.78, 5) is 83.2. The van der Waals surface area contributed by atoms with Crippen LogP contribution in [0.25, 0.3) is 11.1 Å². The molecule has 0 saturated carbocycles. The van der Waals surface area contributed by atoms with Crippen LogP contribution in [0.1, 0.15) is 64.4 Å². The fourth-order valence-corrected chi connectivity index (χ4v) is 12.8. The zero-order valence-electron chi connectivity index (χ0n) is 62.6. The molecule has 15 rings (SSSR count). The number of hydrogen-bond donors (Lipinski definition) is 4. The molecule has 0 bridgehead atoms. The van der Waals surface area contributed by atoms with Gasteiger partial charge < -0.3 is 30.1 Å². The van der Waals surface area contributed by atoms with Gasteiger partial charge in [0.05, 0.1) is 11.3 Å². The Morgan fingerprint density at radius 2 is 0.832 bits per heavy atom. The van der Waals surface area contributed by atoms with Crippen molar-refractivity contribution in [2.24, 2.45) is 0 Å². The summed E-state index contributed by atoms with van der Waals surface area (Å²) in [6, 6.07) is 82.8. The number of rotatable bonds is 22.